The van der Waals surface area contributed by atoms with E-state index in [9.17, 15) is 13.2 Å². The number of sulfonamides is 1. The van der Waals surface area contributed by atoms with E-state index in [-0.39, 0.29) is 21.9 Å². The van der Waals surface area contributed by atoms with E-state index in [2.05, 4.69) is 22.9 Å². The minimum Gasteiger partial charge on any atom is -0.495 e. The molecule has 0 aliphatic carbocycles. The maximum absolute atomic E-state index is 12.7. The van der Waals surface area contributed by atoms with Crippen LogP contribution in [0.5, 0.6) is 5.75 Å². The number of carbonyl (C=O) groups excluding carboxylic acids is 1. The van der Waals surface area contributed by atoms with Gasteiger partial charge in [0, 0.05) is 11.1 Å². The second-order valence-corrected chi connectivity index (χ2v) is 6.59. The summed E-state index contributed by atoms with van der Waals surface area (Å²) in [5.41, 5.74) is 6.69. The molecule has 1 heterocycles. The molecule has 1 amide bonds. The molecule has 7 nitrogen and oxygen atoms in total. The molecule has 2 rings (SSSR count). The topological polar surface area (TPSA) is 111 Å². The van der Waals surface area contributed by atoms with Crippen LogP contribution in [-0.2, 0) is 10.0 Å². The number of amides is 1. The molecule has 0 saturated carbocycles. The van der Waals surface area contributed by atoms with E-state index >= 15 is 0 Å². The lowest BCUT2D eigenvalue weighted by Gasteiger charge is -2.13. The van der Waals surface area contributed by atoms with Crippen LogP contribution in [0.1, 0.15) is 21.6 Å². The van der Waals surface area contributed by atoms with Gasteiger partial charge in [0.2, 0.25) is 5.91 Å². The van der Waals surface area contributed by atoms with Gasteiger partial charge in [-0.3, -0.25) is 14.5 Å². The van der Waals surface area contributed by atoms with Crippen molar-refractivity contribution in [3.63, 3.8) is 0 Å². The fraction of sp³-hybridized carbons (Fsp3) is 0.0588. The number of hydrogen-bond acceptors (Lipinski definition) is 5. The standard InChI is InChI=1S/C17H17N3O4S/c1-4-11-8-13(10-19-14(11)5-2)20-25(22,23)16-9-12(17(18)21)6-7-15(16)24-3/h4-10,20H,1-2H2,3H3,(H2,18,21). The summed E-state index contributed by atoms with van der Waals surface area (Å²) in [6.07, 6.45) is 4.43. The Labute approximate surface area is 145 Å². The van der Waals surface area contributed by atoms with Crippen molar-refractivity contribution in [1.29, 1.82) is 0 Å². The van der Waals surface area contributed by atoms with Gasteiger partial charge in [0.25, 0.3) is 10.0 Å². The number of nitrogens with two attached hydrogens (primary N) is 1. The molecule has 0 fully saturated rings. The van der Waals surface area contributed by atoms with Gasteiger partial charge < -0.3 is 10.5 Å². The van der Waals surface area contributed by atoms with Crippen LogP contribution >= 0.6 is 0 Å². The molecule has 2 aromatic rings. The third kappa shape index (κ3) is 3.86. The Bertz CT molecular complexity index is 952. The third-order valence-electron chi connectivity index (χ3n) is 3.35. The van der Waals surface area contributed by atoms with Crippen molar-refractivity contribution < 1.29 is 17.9 Å². The van der Waals surface area contributed by atoms with Crippen LogP contribution in [-0.4, -0.2) is 26.4 Å². The molecule has 0 atom stereocenters. The molecule has 0 aliphatic heterocycles. The zero-order valence-corrected chi connectivity index (χ0v) is 14.3. The predicted octanol–water partition coefficient (Wildman–Crippen LogP) is 2.28. The predicted molar refractivity (Wildman–Crippen MR) is 96.7 cm³/mol. The number of methoxy groups -OCH3 is 1. The lowest BCUT2D eigenvalue weighted by atomic mass is 10.2. The Hall–Kier alpha value is -3.13. The van der Waals surface area contributed by atoms with E-state index in [1.165, 1.54) is 37.6 Å². The monoisotopic (exact) mass is 359 g/mol. The summed E-state index contributed by atoms with van der Waals surface area (Å²) in [4.78, 5) is 15.2. The molecule has 1 aromatic heterocycles. The number of anilines is 1. The smallest absolute Gasteiger partial charge is 0.265 e. The number of carbonyl (C=O) groups is 1. The van der Waals surface area contributed by atoms with E-state index in [0.717, 1.165) is 6.07 Å². The summed E-state index contributed by atoms with van der Waals surface area (Å²) in [5, 5.41) is 0. The van der Waals surface area contributed by atoms with Gasteiger partial charge in [0.05, 0.1) is 24.7 Å². The van der Waals surface area contributed by atoms with E-state index in [1.807, 2.05) is 0 Å². The molecule has 0 bridgehead atoms. The highest BCUT2D eigenvalue weighted by Gasteiger charge is 2.22. The van der Waals surface area contributed by atoms with E-state index in [0.29, 0.717) is 11.3 Å². The normalized spacial score (nSPS) is 10.8. The zero-order chi connectivity index (χ0) is 18.6. The average Bonchev–Trinajstić information content (AvgIpc) is 2.60. The molecule has 1 aromatic carbocycles. The Morgan fingerprint density at radius 1 is 1.28 bits per heavy atom. The fourth-order valence-corrected chi connectivity index (χ4v) is 3.36. The van der Waals surface area contributed by atoms with Crippen LogP contribution in [0.3, 0.4) is 0 Å². The third-order valence-corrected chi connectivity index (χ3v) is 4.76. The van der Waals surface area contributed by atoms with E-state index in [4.69, 9.17) is 10.5 Å². The molecule has 0 aliphatic rings. The van der Waals surface area contributed by atoms with Gasteiger partial charge in [-0.2, -0.15) is 0 Å². The summed E-state index contributed by atoms with van der Waals surface area (Å²) >= 11 is 0. The summed E-state index contributed by atoms with van der Waals surface area (Å²) in [6.45, 7) is 7.29. The molecular formula is C17H17N3O4S. The van der Waals surface area contributed by atoms with E-state index in [1.54, 1.807) is 6.07 Å². The number of aromatic nitrogens is 1. The molecule has 0 spiro atoms. The highest BCUT2D eigenvalue weighted by molar-refractivity contribution is 7.92. The lowest BCUT2D eigenvalue weighted by molar-refractivity contribution is 0.1000. The van der Waals surface area contributed by atoms with Gasteiger partial charge in [-0.05, 0) is 30.3 Å². The maximum atomic E-state index is 12.7. The number of ether oxygens (including phenoxy) is 1. The summed E-state index contributed by atoms with van der Waals surface area (Å²) in [6, 6.07) is 5.47. The van der Waals surface area contributed by atoms with Crippen molar-refractivity contribution >= 4 is 33.8 Å². The molecule has 25 heavy (non-hydrogen) atoms. The van der Waals surface area contributed by atoms with Gasteiger partial charge in [-0.25, -0.2) is 8.42 Å². The molecule has 0 saturated heterocycles. The van der Waals surface area contributed by atoms with Crippen LogP contribution in [0.2, 0.25) is 0 Å². The van der Waals surface area contributed by atoms with Crippen molar-refractivity contribution in [2.24, 2.45) is 5.73 Å². The Balaban J connectivity index is 2.49. The first-order valence-corrected chi connectivity index (χ1v) is 8.56. The van der Waals surface area contributed by atoms with Crippen LogP contribution in [0, 0.1) is 0 Å². The second kappa shape index (κ2) is 7.18. The first kappa shape index (κ1) is 18.2. The molecule has 0 radical (unpaired) electrons. The average molecular weight is 359 g/mol. The van der Waals surface area contributed by atoms with Crippen molar-refractivity contribution in [2.45, 2.75) is 4.90 Å². The Morgan fingerprint density at radius 3 is 2.56 bits per heavy atom. The minimum absolute atomic E-state index is 0.0492. The maximum Gasteiger partial charge on any atom is 0.265 e. The number of nitrogens with zero attached hydrogens (tertiary/aromatic N) is 1. The summed E-state index contributed by atoms with van der Waals surface area (Å²) < 4.78 is 32.9. The minimum atomic E-state index is -4.04. The Kier molecular flexibility index (Phi) is 5.23. The number of rotatable bonds is 7. The first-order chi connectivity index (χ1) is 11.8. The number of primary amides is 1. The van der Waals surface area contributed by atoms with Crippen LogP contribution in [0.15, 0.2) is 48.5 Å². The largest absolute Gasteiger partial charge is 0.495 e. The number of hydrogen-bond donors (Lipinski definition) is 2. The molecule has 130 valence electrons. The van der Waals surface area contributed by atoms with Gasteiger partial charge in [0.1, 0.15) is 10.6 Å². The van der Waals surface area contributed by atoms with Gasteiger partial charge >= 0.3 is 0 Å². The number of pyridine rings is 1. The van der Waals surface area contributed by atoms with Gasteiger partial charge in [0.15, 0.2) is 0 Å². The van der Waals surface area contributed by atoms with Crippen LogP contribution in [0.25, 0.3) is 12.2 Å². The van der Waals surface area contributed by atoms with Gasteiger partial charge in [-0.15, -0.1) is 0 Å². The second-order valence-electron chi connectivity index (χ2n) is 4.94. The van der Waals surface area contributed by atoms with Crippen molar-refractivity contribution in [2.75, 3.05) is 11.8 Å². The zero-order valence-electron chi connectivity index (χ0n) is 13.5. The SMILES string of the molecule is C=Cc1cc(NS(=O)(=O)c2cc(C(N)=O)ccc2OC)cnc1C=C. The van der Waals surface area contributed by atoms with E-state index < -0.39 is 15.9 Å². The summed E-state index contributed by atoms with van der Waals surface area (Å²) in [7, 11) is -2.71. The highest BCUT2D eigenvalue weighted by Crippen LogP contribution is 2.27. The van der Waals surface area contributed by atoms with Crippen LogP contribution in [0.4, 0.5) is 5.69 Å². The molecule has 3 N–H and O–H groups in total. The van der Waals surface area contributed by atoms with Crippen molar-refractivity contribution in [3.8, 4) is 5.75 Å². The number of nitrogens with one attached hydrogen (secondary N) is 1. The van der Waals surface area contributed by atoms with Gasteiger partial charge in [-0.1, -0.05) is 19.2 Å². The molecule has 8 heteroatoms. The van der Waals surface area contributed by atoms with Crippen LogP contribution < -0.4 is 15.2 Å². The number of benzene rings is 1. The summed E-state index contributed by atoms with van der Waals surface area (Å²) in [5.74, 6) is -0.665. The Morgan fingerprint density at radius 2 is 2.00 bits per heavy atom. The quantitative estimate of drug-likeness (QED) is 0.788. The lowest BCUT2D eigenvalue weighted by Crippen LogP contribution is -2.17. The molecular weight excluding hydrogens is 342 g/mol. The first-order valence-electron chi connectivity index (χ1n) is 7.08. The fourth-order valence-electron chi connectivity index (χ4n) is 2.13. The molecule has 0 unspecified atom stereocenters. The van der Waals surface area contributed by atoms with Crippen molar-refractivity contribution in [3.05, 3.63) is 60.4 Å². The van der Waals surface area contributed by atoms with Crippen molar-refractivity contribution in [1.82, 2.24) is 4.98 Å². The highest BCUT2D eigenvalue weighted by atomic mass is 32.2.